The largest absolute Gasteiger partial charge is 0.464 e. The Kier molecular flexibility index (Phi) is 5.63. The van der Waals surface area contributed by atoms with Crippen LogP contribution >= 0.6 is 11.8 Å². The number of likely N-dealkylation sites (tertiary alicyclic amines) is 1. The number of nitrogens with zero attached hydrogens (tertiary/aromatic N) is 2. The standard InChI is InChI=1S/C18H22N2O4S/c1-25-15-6-4-14(5-7-15)20-12-13(11-17(20)22)18(23)24-10-9-19-8-2-3-16(19)21/h4-7,13H,2-3,8-12H2,1H3. The van der Waals surface area contributed by atoms with Crippen LogP contribution in [0.4, 0.5) is 5.69 Å². The van der Waals surface area contributed by atoms with Gasteiger partial charge in [-0.05, 0) is 36.9 Å². The average molecular weight is 362 g/mol. The summed E-state index contributed by atoms with van der Waals surface area (Å²) in [6.45, 7) is 1.71. The van der Waals surface area contributed by atoms with Crippen LogP contribution in [-0.2, 0) is 19.1 Å². The highest BCUT2D eigenvalue weighted by atomic mass is 32.2. The summed E-state index contributed by atoms with van der Waals surface area (Å²) >= 11 is 1.64. The highest BCUT2D eigenvalue weighted by molar-refractivity contribution is 7.98. The molecule has 2 amide bonds. The van der Waals surface area contributed by atoms with Crippen LogP contribution in [0, 0.1) is 5.92 Å². The van der Waals surface area contributed by atoms with Crippen LogP contribution in [0.5, 0.6) is 0 Å². The van der Waals surface area contributed by atoms with Gasteiger partial charge in [0.15, 0.2) is 0 Å². The Labute approximate surface area is 151 Å². The van der Waals surface area contributed by atoms with Crippen LogP contribution in [0.1, 0.15) is 19.3 Å². The van der Waals surface area contributed by atoms with Gasteiger partial charge in [-0.25, -0.2) is 0 Å². The molecule has 7 heteroatoms. The van der Waals surface area contributed by atoms with Crippen LogP contribution in [0.15, 0.2) is 29.2 Å². The molecule has 0 radical (unpaired) electrons. The summed E-state index contributed by atoms with van der Waals surface area (Å²) in [4.78, 5) is 40.5. The predicted molar refractivity (Wildman–Crippen MR) is 95.5 cm³/mol. The topological polar surface area (TPSA) is 66.9 Å². The number of ether oxygens (including phenoxy) is 1. The van der Waals surface area contributed by atoms with Crippen molar-refractivity contribution < 1.29 is 19.1 Å². The van der Waals surface area contributed by atoms with E-state index in [2.05, 4.69) is 0 Å². The molecule has 2 saturated heterocycles. The number of hydrogen-bond donors (Lipinski definition) is 0. The molecule has 0 bridgehead atoms. The lowest BCUT2D eigenvalue weighted by molar-refractivity contribution is -0.149. The number of esters is 1. The fraction of sp³-hybridized carbons (Fsp3) is 0.500. The van der Waals surface area contributed by atoms with E-state index in [1.54, 1.807) is 21.6 Å². The minimum Gasteiger partial charge on any atom is -0.464 e. The summed E-state index contributed by atoms with van der Waals surface area (Å²) in [5.41, 5.74) is 0.806. The summed E-state index contributed by atoms with van der Waals surface area (Å²) < 4.78 is 5.29. The van der Waals surface area contributed by atoms with E-state index in [4.69, 9.17) is 4.74 Å². The van der Waals surface area contributed by atoms with Crippen molar-refractivity contribution in [2.24, 2.45) is 5.92 Å². The van der Waals surface area contributed by atoms with E-state index in [1.807, 2.05) is 30.5 Å². The van der Waals surface area contributed by atoms with E-state index < -0.39 is 5.92 Å². The molecular formula is C18H22N2O4S. The van der Waals surface area contributed by atoms with Gasteiger partial charge in [-0.15, -0.1) is 11.8 Å². The second kappa shape index (κ2) is 7.91. The first-order chi connectivity index (χ1) is 12.1. The molecule has 1 atom stereocenters. The lowest BCUT2D eigenvalue weighted by atomic mass is 10.1. The minimum absolute atomic E-state index is 0.0615. The maximum absolute atomic E-state index is 12.2. The first-order valence-corrected chi connectivity index (χ1v) is 9.70. The molecule has 3 rings (SSSR count). The zero-order chi connectivity index (χ0) is 17.8. The van der Waals surface area contributed by atoms with Crippen molar-refractivity contribution in [3.63, 3.8) is 0 Å². The summed E-state index contributed by atoms with van der Waals surface area (Å²) in [6.07, 6.45) is 3.62. The van der Waals surface area contributed by atoms with E-state index in [0.717, 1.165) is 23.5 Å². The molecule has 2 heterocycles. The lowest BCUT2D eigenvalue weighted by Crippen LogP contribution is -2.31. The molecule has 1 unspecified atom stereocenters. The molecular weight excluding hydrogens is 340 g/mol. The molecule has 6 nitrogen and oxygen atoms in total. The molecule has 25 heavy (non-hydrogen) atoms. The smallest absolute Gasteiger partial charge is 0.311 e. The molecule has 1 aromatic rings. The molecule has 0 aliphatic carbocycles. The summed E-state index contributed by atoms with van der Waals surface area (Å²) in [6, 6.07) is 7.73. The van der Waals surface area contributed by atoms with Gasteiger partial charge in [-0.3, -0.25) is 14.4 Å². The molecule has 2 aliphatic heterocycles. The molecule has 0 aromatic heterocycles. The number of rotatable bonds is 6. The van der Waals surface area contributed by atoms with Crippen LogP contribution in [-0.4, -0.2) is 55.2 Å². The Balaban J connectivity index is 1.50. The van der Waals surface area contributed by atoms with E-state index in [1.165, 1.54) is 0 Å². The minimum atomic E-state index is -0.443. The van der Waals surface area contributed by atoms with E-state index >= 15 is 0 Å². The molecule has 2 fully saturated rings. The Hall–Kier alpha value is -2.02. The fourth-order valence-electron chi connectivity index (χ4n) is 3.19. The quantitative estimate of drug-likeness (QED) is 0.571. The monoisotopic (exact) mass is 362 g/mol. The van der Waals surface area contributed by atoms with Crippen molar-refractivity contribution in [2.75, 3.05) is 37.4 Å². The average Bonchev–Trinajstić information content (AvgIpc) is 3.21. The second-order valence-electron chi connectivity index (χ2n) is 6.26. The Morgan fingerprint density at radius 3 is 2.64 bits per heavy atom. The van der Waals surface area contributed by atoms with Crippen molar-refractivity contribution in [2.45, 2.75) is 24.2 Å². The molecule has 2 aliphatic rings. The van der Waals surface area contributed by atoms with Crippen molar-refractivity contribution in [3.8, 4) is 0 Å². The third-order valence-corrected chi connectivity index (χ3v) is 5.36. The maximum atomic E-state index is 12.2. The van der Waals surface area contributed by atoms with E-state index in [-0.39, 0.29) is 30.8 Å². The Morgan fingerprint density at radius 2 is 2.00 bits per heavy atom. The first-order valence-electron chi connectivity index (χ1n) is 8.47. The molecule has 134 valence electrons. The molecule has 0 N–H and O–H groups in total. The SMILES string of the molecule is CSc1ccc(N2CC(C(=O)OCCN3CCCC3=O)CC2=O)cc1. The van der Waals surface area contributed by atoms with E-state index in [0.29, 0.717) is 19.5 Å². The highest BCUT2D eigenvalue weighted by Gasteiger charge is 2.36. The zero-order valence-corrected chi connectivity index (χ0v) is 15.1. The van der Waals surface area contributed by atoms with Gasteiger partial charge in [0, 0.05) is 36.5 Å². The van der Waals surface area contributed by atoms with Gasteiger partial charge in [0.05, 0.1) is 12.5 Å². The zero-order valence-electron chi connectivity index (χ0n) is 14.3. The van der Waals surface area contributed by atoms with Crippen molar-refractivity contribution in [1.82, 2.24) is 4.90 Å². The number of carbonyl (C=O) groups is 3. The Bertz CT molecular complexity index is 662. The second-order valence-corrected chi connectivity index (χ2v) is 7.13. The summed E-state index contributed by atoms with van der Waals surface area (Å²) in [5.74, 6) is -0.745. The van der Waals surface area contributed by atoms with Crippen LogP contribution in [0.25, 0.3) is 0 Å². The van der Waals surface area contributed by atoms with Crippen LogP contribution < -0.4 is 4.90 Å². The van der Waals surface area contributed by atoms with Gasteiger partial charge >= 0.3 is 5.97 Å². The van der Waals surface area contributed by atoms with Crippen molar-refractivity contribution >= 4 is 35.2 Å². The first kappa shape index (κ1) is 17.8. The van der Waals surface area contributed by atoms with Gasteiger partial charge in [-0.2, -0.15) is 0 Å². The maximum Gasteiger partial charge on any atom is 0.311 e. The molecule has 1 aromatic carbocycles. The van der Waals surface area contributed by atoms with Gasteiger partial charge in [0.1, 0.15) is 6.61 Å². The molecule has 0 spiro atoms. The van der Waals surface area contributed by atoms with Crippen LogP contribution in [0.2, 0.25) is 0 Å². The number of anilines is 1. The predicted octanol–water partition coefficient (Wildman–Crippen LogP) is 1.93. The third kappa shape index (κ3) is 4.15. The van der Waals surface area contributed by atoms with E-state index in [9.17, 15) is 14.4 Å². The summed E-state index contributed by atoms with van der Waals surface area (Å²) in [5, 5.41) is 0. The van der Waals surface area contributed by atoms with Gasteiger partial charge in [0.25, 0.3) is 0 Å². The highest BCUT2D eigenvalue weighted by Crippen LogP contribution is 2.27. The lowest BCUT2D eigenvalue weighted by Gasteiger charge is -2.18. The fourth-order valence-corrected chi connectivity index (χ4v) is 3.60. The molecule has 0 saturated carbocycles. The van der Waals surface area contributed by atoms with Gasteiger partial charge < -0.3 is 14.5 Å². The summed E-state index contributed by atoms with van der Waals surface area (Å²) in [7, 11) is 0. The van der Waals surface area contributed by atoms with Gasteiger partial charge in [0.2, 0.25) is 11.8 Å². The Morgan fingerprint density at radius 1 is 1.24 bits per heavy atom. The van der Waals surface area contributed by atoms with Gasteiger partial charge in [-0.1, -0.05) is 0 Å². The van der Waals surface area contributed by atoms with Crippen molar-refractivity contribution in [1.29, 1.82) is 0 Å². The number of carbonyl (C=O) groups excluding carboxylic acids is 3. The normalized spacial score (nSPS) is 20.4. The number of thioether (sulfide) groups is 1. The number of amides is 2. The number of benzene rings is 1. The third-order valence-electron chi connectivity index (χ3n) is 4.62. The van der Waals surface area contributed by atoms with Crippen molar-refractivity contribution in [3.05, 3.63) is 24.3 Å². The van der Waals surface area contributed by atoms with Crippen LogP contribution in [0.3, 0.4) is 0 Å². The number of hydrogen-bond acceptors (Lipinski definition) is 5.